The number of carbonyl (C=O) groups is 1. The molecule has 1 aliphatic carbocycles. The SMILES string of the molecule is O=C(Nc1ccc(-c2cnc3nc2NCCCNSc2cccc(c2)N3)cc1)C1(c2cccc(C(F)(F)F)c2)CCCC1. The van der Waals surface area contributed by atoms with Crippen LogP contribution in [0.15, 0.2) is 83.9 Å². The molecule has 6 rings (SSSR count). The van der Waals surface area contributed by atoms with E-state index in [1.807, 2.05) is 36.4 Å². The number of nitrogens with one attached hydrogen (secondary N) is 4. The summed E-state index contributed by atoms with van der Waals surface area (Å²) in [6.07, 6.45) is 0.754. The van der Waals surface area contributed by atoms with E-state index in [0.29, 0.717) is 42.4 Å². The van der Waals surface area contributed by atoms with E-state index < -0.39 is 17.2 Å². The molecular weight excluding hydrogens is 573 g/mol. The van der Waals surface area contributed by atoms with Crippen LogP contribution in [0.1, 0.15) is 43.2 Å². The van der Waals surface area contributed by atoms with Gasteiger partial charge < -0.3 is 16.0 Å². The van der Waals surface area contributed by atoms with Gasteiger partial charge >= 0.3 is 6.18 Å². The number of halogens is 3. The highest BCUT2D eigenvalue weighted by atomic mass is 32.2. The molecule has 7 nitrogen and oxygen atoms in total. The molecular formula is C32H31F3N6OS. The van der Waals surface area contributed by atoms with E-state index in [1.54, 1.807) is 36.3 Å². The minimum atomic E-state index is -4.47. The molecule has 1 saturated carbocycles. The van der Waals surface area contributed by atoms with Crippen LogP contribution in [0.4, 0.5) is 36.3 Å². The van der Waals surface area contributed by atoms with E-state index in [9.17, 15) is 18.0 Å². The molecule has 11 heteroatoms. The van der Waals surface area contributed by atoms with Crippen LogP contribution in [0.25, 0.3) is 11.1 Å². The molecule has 1 aliphatic heterocycles. The summed E-state index contributed by atoms with van der Waals surface area (Å²) in [4.78, 5) is 24.0. The maximum absolute atomic E-state index is 13.6. The summed E-state index contributed by atoms with van der Waals surface area (Å²) in [5.41, 5.74) is 1.80. The summed E-state index contributed by atoms with van der Waals surface area (Å²) < 4.78 is 43.7. The molecule has 43 heavy (non-hydrogen) atoms. The highest BCUT2D eigenvalue weighted by Gasteiger charge is 2.44. The summed E-state index contributed by atoms with van der Waals surface area (Å²) in [6.45, 7) is 1.53. The van der Waals surface area contributed by atoms with Crippen molar-refractivity contribution < 1.29 is 18.0 Å². The predicted molar refractivity (Wildman–Crippen MR) is 164 cm³/mol. The molecule has 222 valence electrons. The number of nitrogens with zero attached hydrogens (tertiary/aromatic N) is 2. The Balaban J connectivity index is 1.23. The molecule has 0 spiro atoms. The van der Waals surface area contributed by atoms with Gasteiger partial charge in [0.2, 0.25) is 11.9 Å². The first-order chi connectivity index (χ1) is 20.8. The Morgan fingerprint density at radius 1 is 0.930 bits per heavy atom. The number of aromatic nitrogens is 2. The first-order valence-corrected chi connectivity index (χ1v) is 15.1. The highest BCUT2D eigenvalue weighted by Crippen LogP contribution is 2.44. The lowest BCUT2D eigenvalue weighted by atomic mass is 9.77. The first-order valence-electron chi connectivity index (χ1n) is 14.3. The molecule has 2 aliphatic rings. The Labute approximate surface area is 252 Å². The molecule has 4 aromatic rings. The normalized spacial score (nSPS) is 16.5. The first kappa shape index (κ1) is 29.0. The van der Waals surface area contributed by atoms with Gasteiger partial charge in [-0.15, -0.1) is 0 Å². The molecule has 4 bridgehead atoms. The number of amides is 1. The molecule has 1 aromatic heterocycles. The number of alkyl halides is 3. The second kappa shape index (κ2) is 12.3. The Bertz CT molecular complexity index is 1610. The van der Waals surface area contributed by atoms with Gasteiger partial charge in [0.1, 0.15) is 5.82 Å². The van der Waals surface area contributed by atoms with E-state index in [-0.39, 0.29) is 5.91 Å². The second-order valence-corrected chi connectivity index (χ2v) is 11.7. The van der Waals surface area contributed by atoms with Crippen molar-refractivity contribution in [2.45, 2.75) is 48.6 Å². The number of rotatable bonds is 4. The van der Waals surface area contributed by atoms with E-state index in [0.717, 1.165) is 59.6 Å². The summed E-state index contributed by atoms with van der Waals surface area (Å²) in [5.74, 6) is 0.874. The molecule has 4 N–H and O–H groups in total. The molecule has 0 saturated heterocycles. The van der Waals surface area contributed by atoms with Crippen LogP contribution in [-0.2, 0) is 16.4 Å². The molecule has 3 aromatic carbocycles. The minimum absolute atomic E-state index is 0.286. The summed E-state index contributed by atoms with van der Waals surface area (Å²) in [7, 11) is 0. The number of benzene rings is 3. The fraction of sp³-hybridized carbons (Fsp3) is 0.281. The van der Waals surface area contributed by atoms with Gasteiger partial charge in [-0.2, -0.15) is 18.2 Å². The van der Waals surface area contributed by atoms with Gasteiger partial charge in [0.05, 0.1) is 11.0 Å². The summed E-state index contributed by atoms with van der Waals surface area (Å²) in [6, 6.07) is 20.6. The topological polar surface area (TPSA) is 91.0 Å². The maximum Gasteiger partial charge on any atom is 0.416 e. The van der Waals surface area contributed by atoms with Crippen LogP contribution >= 0.6 is 11.9 Å². The third kappa shape index (κ3) is 6.47. The zero-order chi connectivity index (χ0) is 29.9. The molecule has 0 unspecified atom stereocenters. The standard InChI is InChI=1S/C32H31F3N6OS/c33-32(34,35)23-7-3-6-22(18-23)31(14-1-2-15-31)29(42)39-24-12-10-21(11-13-24)27-20-37-30-40-25-8-4-9-26(19-25)43-38-17-5-16-36-28(27)41-30/h3-4,6-13,18-20,38H,1-2,5,14-17H2,(H,39,42)(H2,36,37,40,41). The molecule has 0 atom stereocenters. The lowest BCUT2D eigenvalue weighted by Gasteiger charge is -2.29. The Hall–Kier alpha value is -4.09. The number of hydrogen-bond donors (Lipinski definition) is 4. The summed E-state index contributed by atoms with van der Waals surface area (Å²) >= 11 is 1.58. The fourth-order valence-corrected chi connectivity index (χ4v) is 6.40. The quantitative estimate of drug-likeness (QED) is 0.177. The van der Waals surface area contributed by atoms with Crippen LogP contribution in [-0.4, -0.2) is 29.0 Å². The number of hydrogen-bond acceptors (Lipinski definition) is 7. The predicted octanol–water partition coefficient (Wildman–Crippen LogP) is 7.77. The molecule has 1 fully saturated rings. The Kier molecular flexibility index (Phi) is 8.27. The van der Waals surface area contributed by atoms with Gasteiger partial charge in [0.15, 0.2) is 0 Å². The average Bonchev–Trinajstić information content (AvgIpc) is 3.51. The van der Waals surface area contributed by atoms with Crippen molar-refractivity contribution in [2.24, 2.45) is 0 Å². The maximum atomic E-state index is 13.6. The van der Waals surface area contributed by atoms with Gasteiger partial charge in [0.25, 0.3) is 0 Å². The van der Waals surface area contributed by atoms with Gasteiger partial charge in [-0.25, -0.2) is 4.98 Å². The van der Waals surface area contributed by atoms with Crippen LogP contribution in [0, 0.1) is 0 Å². The van der Waals surface area contributed by atoms with Crippen LogP contribution in [0.5, 0.6) is 0 Å². The number of anilines is 4. The molecule has 2 heterocycles. The molecule has 1 amide bonds. The van der Waals surface area contributed by atoms with Crippen molar-refractivity contribution in [1.29, 1.82) is 0 Å². The van der Waals surface area contributed by atoms with Crippen molar-refractivity contribution in [2.75, 3.05) is 29.0 Å². The minimum Gasteiger partial charge on any atom is -0.369 e. The van der Waals surface area contributed by atoms with Crippen LogP contribution in [0.3, 0.4) is 0 Å². The lowest BCUT2D eigenvalue weighted by molar-refractivity contribution is -0.137. The fourth-order valence-electron chi connectivity index (χ4n) is 5.66. The third-order valence-electron chi connectivity index (χ3n) is 7.91. The van der Waals surface area contributed by atoms with Gasteiger partial charge in [0, 0.05) is 41.1 Å². The van der Waals surface area contributed by atoms with Crippen LogP contribution < -0.4 is 20.7 Å². The van der Waals surface area contributed by atoms with Gasteiger partial charge in [-0.1, -0.05) is 49.2 Å². The zero-order valence-corrected chi connectivity index (χ0v) is 24.1. The van der Waals surface area contributed by atoms with Gasteiger partial charge in [-0.3, -0.25) is 9.52 Å². The zero-order valence-electron chi connectivity index (χ0n) is 23.3. The Morgan fingerprint density at radius 2 is 1.72 bits per heavy atom. The van der Waals surface area contributed by atoms with Gasteiger partial charge in [-0.05, 0) is 78.7 Å². The van der Waals surface area contributed by atoms with E-state index >= 15 is 0 Å². The van der Waals surface area contributed by atoms with Crippen molar-refractivity contribution >= 4 is 41.0 Å². The number of carbonyl (C=O) groups excluding carboxylic acids is 1. The smallest absolute Gasteiger partial charge is 0.369 e. The van der Waals surface area contributed by atoms with E-state index in [4.69, 9.17) is 4.98 Å². The molecule has 0 radical (unpaired) electrons. The Morgan fingerprint density at radius 3 is 2.51 bits per heavy atom. The second-order valence-electron chi connectivity index (χ2n) is 10.8. The highest BCUT2D eigenvalue weighted by molar-refractivity contribution is 7.97. The van der Waals surface area contributed by atoms with E-state index in [2.05, 4.69) is 25.7 Å². The summed E-state index contributed by atoms with van der Waals surface area (Å²) in [5, 5.41) is 9.68. The largest absolute Gasteiger partial charge is 0.416 e. The van der Waals surface area contributed by atoms with Crippen molar-refractivity contribution in [1.82, 2.24) is 14.7 Å². The average molecular weight is 605 g/mol. The van der Waals surface area contributed by atoms with Crippen molar-refractivity contribution in [3.05, 3.63) is 90.1 Å². The van der Waals surface area contributed by atoms with Crippen molar-refractivity contribution in [3.63, 3.8) is 0 Å². The lowest BCUT2D eigenvalue weighted by Crippen LogP contribution is -2.38. The third-order valence-corrected chi connectivity index (χ3v) is 8.74. The van der Waals surface area contributed by atoms with E-state index in [1.165, 1.54) is 6.07 Å². The van der Waals surface area contributed by atoms with Crippen molar-refractivity contribution in [3.8, 4) is 11.1 Å². The number of fused-ring (bicyclic) bond motifs is 4. The van der Waals surface area contributed by atoms with Crippen LogP contribution in [0.2, 0.25) is 0 Å². The monoisotopic (exact) mass is 604 g/mol.